The molecule has 0 unspecified atom stereocenters. The van der Waals surface area contributed by atoms with E-state index < -0.39 is 0 Å². The van der Waals surface area contributed by atoms with Gasteiger partial charge in [0, 0.05) is 11.1 Å². The second kappa shape index (κ2) is 5.87. The van der Waals surface area contributed by atoms with Crippen LogP contribution in [0.2, 0.25) is 0 Å². The first-order valence-electron chi connectivity index (χ1n) is 11.0. The number of benzene rings is 2. The molecule has 0 aromatic heterocycles. The molecule has 2 fully saturated rings. The van der Waals surface area contributed by atoms with Crippen molar-refractivity contribution in [3.63, 3.8) is 0 Å². The fourth-order valence-corrected chi connectivity index (χ4v) is 6.71. The lowest BCUT2D eigenvalue weighted by Gasteiger charge is -2.57. The molecule has 0 amide bonds. The normalized spacial score (nSPS) is 32.2. The third-order valence-electron chi connectivity index (χ3n) is 7.92. The summed E-state index contributed by atoms with van der Waals surface area (Å²) in [6.45, 7) is 7.04. The summed E-state index contributed by atoms with van der Waals surface area (Å²) in [6, 6.07) is 18.7. The van der Waals surface area contributed by atoms with Crippen LogP contribution in [0.3, 0.4) is 0 Å². The number of hydrogen-bond acceptors (Lipinski definition) is 1. The summed E-state index contributed by atoms with van der Waals surface area (Å²) in [4.78, 5) is 0. The van der Waals surface area contributed by atoms with E-state index in [4.69, 9.17) is 0 Å². The molecule has 1 heterocycles. The van der Waals surface area contributed by atoms with Crippen LogP contribution in [0.15, 0.2) is 48.5 Å². The van der Waals surface area contributed by atoms with Gasteiger partial charge in [-0.25, -0.2) is 0 Å². The maximum atomic E-state index is 4.13. The van der Waals surface area contributed by atoms with Crippen LogP contribution in [0, 0.1) is 5.92 Å². The fraction of sp³-hybridized carbons (Fsp3) is 0.538. The molecule has 1 spiro atoms. The maximum absolute atomic E-state index is 4.13. The molecular formula is C26H33N. The van der Waals surface area contributed by atoms with Gasteiger partial charge in [-0.05, 0) is 59.8 Å². The highest BCUT2D eigenvalue weighted by Crippen LogP contribution is 2.66. The van der Waals surface area contributed by atoms with E-state index in [1.165, 1.54) is 61.8 Å². The Balaban J connectivity index is 1.77. The monoisotopic (exact) mass is 359 g/mol. The summed E-state index contributed by atoms with van der Waals surface area (Å²) in [6.07, 6.45) is 9.50. The van der Waals surface area contributed by atoms with Crippen LogP contribution in [0.5, 0.6) is 0 Å². The zero-order valence-corrected chi connectivity index (χ0v) is 17.1. The quantitative estimate of drug-likeness (QED) is 0.583. The van der Waals surface area contributed by atoms with E-state index in [9.17, 15) is 0 Å². The van der Waals surface area contributed by atoms with Gasteiger partial charge in [-0.15, -0.1) is 0 Å². The molecule has 27 heavy (non-hydrogen) atoms. The van der Waals surface area contributed by atoms with E-state index in [-0.39, 0.29) is 16.4 Å². The first-order chi connectivity index (χ1) is 13.0. The lowest BCUT2D eigenvalue weighted by atomic mass is 9.48. The fourth-order valence-electron chi connectivity index (χ4n) is 6.71. The second-order valence-corrected chi connectivity index (χ2v) is 10.2. The summed E-state index contributed by atoms with van der Waals surface area (Å²) in [5, 5.41) is 4.13. The molecule has 1 N–H and O–H groups in total. The minimum atomic E-state index is 0.0798. The van der Waals surface area contributed by atoms with Gasteiger partial charge in [0.1, 0.15) is 0 Å². The number of anilines is 1. The molecule has 1 nitrogen and oxygen atoms in total. The second-order valence-electron chi connectivity index (χ2n) is 10.2. The number of hydrogen-bond donors (Lipinski definition) is 1. The van der Waals surface area contributed by atoms with Crippen molar-refractivity contribution >= 4 is 5.69 Å². The third-order valence-corrected chi connectivity index (χ3v) is 7.92. The molecule has 2 aromatic rings. The highest BCUT2D eigenvalue weighted by molar-refractivity contribution is 5.68. The van der Waals surface area contributed by atoms with Crippen molar-refractivity contribution in [2.75, 3.05) is 5.32 Å². The van der Waals surface area contributed by atoms with Gasteiger partial charge in [0.05, 0.1) is 5.54 Å². The van der Waals surface area contributed by atoms with Crippen molar-refractivity contribution in [3.8, 4) is 0 Å². The van der Waals surface area contributed by atoms with Gasteiger partial charge in [-0.3, -0.25) is 0 Å². The van der Waals surface area contributed by atoms with E-state index in [0.29, 0.717) is 0 Å². The molecule has 3 aliphatic rings. The molecule has 2 saturated carbocycles. The average Bonchev–Trinajstić information content (AvgIpc) is 2.97. The van der Waals surface area contributed by atoms with E-state index in [0.717, 1.165) is 5.92 Å². The zero-order valence-electron chi connectivity index (χ0n) is 17.1. The topological polar surface area (TPSA) is 12.0 Å². The Morgan fingerprint density at radius 3 is 2.44 bits per heavy atom. The van der Waals surface area contributed by atoms with Crippen LogP contribution in [0.1, 0.15) is 82.4 Å². The Morgan fingerprint density at radius 1 is 0.889 bits per heavy atom. The van der Waals surface area contributed by atoms with Crippen molar-refractivity contribution in [2.24, 2.45) is 5.92 Å². The summed E-state index contributed by atoms with van der Waals surface area (Å²) < 4.78 is 0. The van der Waals surface area contributed by atoms with Crippen LogP contribution in [0.25, 0.3) is 0 Å². The highest BCUT2D eigenvalue weighted by Gasteiger charge is 2.63. The molecule has 2 aromatic carbocycles. The van der Waals surface area contributed by atoms with Gasteiger partial charge in [-0.1, -0.05) is 82.5 Å². The molecule has 3 atom stereocenters. The van der Waals surface area contributed by atoms with Crippen molar-refractivity contribution in [3.05, 3.63) is 65.2 Å². The Bertz CT molecular complexity index is 844. The molecular weight excluding hydrogens is 326 g/mol. The minimum Gasteiger partial charge on any atom is -0.374 e. The van der Waals surface area contributed by atoms with Gasteiger partial charge >= 0.3 is 0 Å². The first kappa shape index (κ1) is 17.3. The smallest absolute Gasteiger partial charge is 0.0725 e. The Hall–Kier alpha value is -1.76. The van der Waals surface area contributed by atoms with Gasteiger partial charge in [0.15, 0.2) is 0 Å². The predicted molar refractivity (Wildman–Crippen MR) is 114 cm³/mol. The first-order valence-corrected chi connectivity index (χ1v) is 11.0. The van der Waals surface area contributed by atoms with Crippen LogP contribution < -0.4 is 5.32 Å². The summed E-state index contributed by atoms with van der Waals surface area (Å²) in [5.41, 5.74) is 6.56. The summed E-state index contributed by atoms with van der Waals surface area (Å²) in [5.74, 6) is 0.809. The van der Waals surface area contributed by atoms with Gasteiger partial charge < -0.3 is 5.32 Å². The molecule has 0 saturated heterocycles. The van der Waals surface area contributed by atoms with E-state index in [1.54, 1.807) is 5.56 Å². The van der Waals surface area contributed by atoms with Crippen molar-refractivity contribution < 1.29 is 0 Å². The molecule has 2 aliphatic carbocycles. The largest absolute Gasteiger partial charge is 0.374 e. The predicted octanol–water partition coefficient (Wildman–Crippen LogP) is 6.92. The molecule has 1 heteroatoms. The number of rotatable bonds is 1. The summed E-state index contributed by atoms with van der Waals surface area (Å²) in [7, 11) is 0. The summed E-state index contributed by atoms with van der Waals surface area (Å²) >= 11 is 0. The zero-order chi connectivity index (χ0) is 18.7. The van der Waals surface area contributed by atoms with Crippen LogP contribution in [0.4, 0.5) is 5.69 Å². The third kappa shape index (κ3) is 2.30. The highest BCUT2D eigenvalue weighted by atomic mass is 15.1. The van der Waals surface area contributed by atoms with Gasteiger partial charge in [0.25, 0.3) is 0 Å². The van der Waals surface area contributed by atoms with E-state index >= 15 is 0 Å². The molecule has 142 valence electrons. The Morgan fingerprint density at radius 2 is 1.67 bits per heavy atom. The molecule has 1 aliphatic heterocycles. The SMILES string of the molecule is CC(C)(C)c1ccc2c(c1)[C@]13CCCC[C@@H]1CCC[C@@]3(c1ccccc1)N2. The minimum absolute atomic E-state index is 0.0798. The Kier molecular flexibility index (Phi) is 3.77. The van der Waals surface area contributed by atoms with Crippen molar-refractivity contribution in [1.29, 1.82) is 0 Å². The van der Waals surface area contributed by atoms with Crippen molar-refractivity contribution in [2.45, 2.75) is 82.1 Å². The van der Waals surface area contributed by atoms with Crippen LogP contribution in [-0.4, -0.2) is 0 Å². The lowest BCUT2D eigenvalue weighted by molar-refractivity contribution is 0.0564. The van der Waals surface area contributed by atoms with E-state index in [1.807, 2.05) is 0 Å². The lowest BCUT2D eigenvalue weighted by Crippen LogP contribution is -2.57. The van der Waals surface area contributed by atoms with Crippen molar-refractivity contribution in [1.82, 2.24) is 0 Å². The molecule has 0 radical (unpaired) electrons. The average molecular weight is 360 g/mol. The van der Waals surface area contributed by atoms with Crippen LogP contribution >= 0.6 is 0 Å². The molecule has 0 bridgehead atoms. The standard InChI is InChI=1S/C26H33N/c1-24(2,3)21-14-15-23-22(18-21)25-16-8-7-10-19(25)13-9-17-26(25,27-23)20-11-5-4-6-12-20/h4-6,11-12,14-15,18-19,27H,7-10,13,16-17H2,1-3H3/t19-,25+,26+/m1/s1. The van der Waals surface area contributed by atoms with Crippen LogP contribution in [-0.2, 0) is 16.4 Å². The Labute approximate surface area is 164 Å². The maximum Gasteiger partial charge on any atom is 0.0725 e. The number of nitrogens with one attached hydrogen (secondary N) is 1. The van der Waals surface area contributed by atoms with E-state index in [2.05, 4.69) is 74.6 Å². The van der Waals surface area contributed by atoms with Gasteiger partial charge in [0.2, 0.25) is 0 Å². The number of fused-ring (bicyclic) bond motifs is 1. The molecule has 5 rings (SSSR count). The van der Waals surface area contributed by atoms with Gasteiger partial charge in [-0.2, -0.15) is 0 Å².